The number of rotatable bonds is 10. The number of anilines is 1. The van der Waals surface area contributed by atoms with Gasteiger partial charge in [-0.2, -0.15) is 5.26 Å². The van der Waals surface area contributed by atoms with E-state index in [1.54, 1.807) is 36.6 Å². The van der Waals surface area contributed by atoms with Crippen LogP contribution in [-0.2, 0) is 20.7 Å². The number of esters is 1. The summed E-state index contributed by atoms with van der Waals surface area (Å²) in [7, 11) is 0. The average molecular weight is 413 g/mol. The molecule has 0 fully saturated rings. The lowest BCUT2D eigenvalue weighted by atomic mass is 10.1. The van der Waals surface area contributed by atoms with Gasteiger partial charge < -0.3 is 9.47 Å². The lowest BCUT2D eigenvalue weighted by molar-refractivity contribution is -0.142. The van der Waals surface area contributed by atoms with Gasteiger partial charge >= 0.3 is 5.97 Å². The molecular formula is C21H23N3O4S. The molecule has 1 amide bonds. The smallest absolute Gasteiger partial charge is 0.311 e. The van der Waals surface area contributed by atoms with Crippen molar-refractivity contribution in [3.8, 4) is 11.8 Å². The van der Waals surface area contributed by atoms with E-state index in [1.807, 2.05) is 6.07 Å². The number of aromatic nitrogens is 1. The first-order valence-corrected chi connectivity index (χ1v) is 10.2. The van der Waals surface area contributed by atoms with Crippen LogP contribution in [0.3, 0.4) is 0 Å². The minimum absolute atomic E-state index is 0.0355. The predicted molar refractivity (Wildman–Crippen MR) is 112 cm³/mol. The number of hydrogen-bond acceptors (Lipinski definition) is 7. The van der Waals surface area contributed by atoms with Gasteiger partial charge in [-0.25, -0.2) is 4.98 Å². The molecule has 2 aromatic rings. The number of ether oxygens (including phenoxy) is 2. The maximum atomic E-state index is 12.4. The Morgan fingerprint density at radius 1 is 1.28 bits per heavy atom. The zero-order valence-electron chi connectivity index (χ0n) is 16.4. The number of nitrogens with zero attached hydrogens (tertiary/aromatic N) is 2. The van der Waals surface area contributed by atoms with Crippen molar-refractivity contribution >= 4 is 34.4 Å². The Hall–Kier alpha value is -3.18. The third-order valence-corrected chi connectivity index (χ3v) is 4.53. The summed E-state index contributed by atoms with van der Waals surface area (Å²) in [4.78, 5) is 28.0. The highest BCUT2D eigenvalue weighted by Crippen LogP contribution is 2.19. The fourth-order valence-corrected chi connectivity index (χ4v) is 2.99. The van der Waals surface area contributed by atoms with Crippen molar-refractivity contribution in [2.75, 3.05) is 18.5 Å². The Labute approximate surface area is 174 Å². The van der Waals surface area contributed by atoms with E-state index in [2.05, 4.69) is 17.2 Å². The van der Waals surface area contributed by atoms with Crippen molar-refractivity contribution in [1.82, 2.24) is 4.98 Å². The summed E-state index contributed by atoms with van der Waals surface area (Å²) in [5.41, 5.74) is 1.17. The largest absolute Gasteiger partial charge is 0.494 e. The van der Waals surface area contributed by atoms with Gasteiger partial charge in [-0.1, -0.05) is 25.5 Å². The Kier molecular flexibility index (Phi) is 8.86. The zero-order valence-corrected chi connectivity index (χ0v) is 17.3. The molecule has 0 aliphatic carbocycles. The molecule has 1 heterocycles. The first kappa shape index (κ1) is 22.1. The molecule has 0 unspecified atom stereocenters. The number of amides is 1. The van der Waals surface area contributed by atoms with E-state index in [1.165, 1.54) is 17.4 Å². The molecule has 0 saturated heterocycles. The summed E-state index contributed by atoms with van der Waals surface area (Å²) in [5.74, 6) is -0.196. The van der Waals surface area contributed by atoms with Gasteiger partial charge in [0.1, 0.15) is 17.4 Å². The van der Waals surface area contributed by atoms with Gasteiger partial charge in [-0.3, -0.25) is 14.9 Å². The second kappa shape index (κ2) is 11.6. The number of thiazole rings is 1. The van der Waals surface area contributed by atoms with Crippen molar-refractivity contribution in [2.24, 2.45) is 0 Å². The molecule has 1 N–H and O–H groups in total. The molecule has 1 aromatic heterocycles. The van der Waals surface area contributed by atoms with Gasteiger partial charge in [0.25, 0.3) is 5.91 Å². The van der Waals surface area contributed by atoms with E-state index >= 15 is 0 Å². The summed E-state index contributed by atoms with van der Waals surface area (Å²) in [6.45, 7) is 4.78. The minimum atomic E-state index is -0.562. The predicted octanol–water partition coefficient (Wildman–Crippen LogP) is 3.97. The standard InChI is InChI=1S/C21H23N3O4S/c1-3-5-10-28-18-8-6-15(7-9-18)11-16(13-22)20(26)24-21-23-17(14-29-21)12-19(25)27-4-2/h6-9,11,14H,3-5,10,12H2,1-2H3,(H,23,24,26)/b16-11+. The van der Waals surface area contributed by atoms with Crippen molar-refractivity contribution in [3.63, 3.8) is 0 Å². The normalized spacial score (nSPS) is 10.9. The Bertz CT molecular complexity index is 897. The number of hydrogen-bond donors (Lipinski definition) is 1. The van der Waals surface area contributed by atoms with Crippen LogP contribution in [0.15, 0.2) is 35.2 Å². The summed E-state index contributed by atoms with van der Waals surface area (Å²) in [6.07, 6.45) is 3.58. The van der Waals surface area contributed by atoms with Gasteiger partial charge in [-0.05, 0) is 37.1 Å². The van der Waals surface area contributed by atoms with E-state index < -0.39 is 5.91 Å². The fourth-order valence-electron chi connectivity index (χ4n) is 2.28. The Morgan fingerprint density at radius 3 is 2.69 bits per heavy atom. The van der Waals surface area contributed by atoms with Crippen LogP contribution in [0, 0.1) is 11.3 Å². The highest BCUT2D eigenvalue weighted by molar-refractivity contribution is 7.14. The Morgan fingerprint density at radius 2 is 2.03 bits per heavy atom. The second-order valence-corrected chi connectivity index (χ2v) is 6.88. The highest BCUT2D eigenvalue weighted by Gasteiger charge is 2.13. The van der Waals surface area contributed by atoms with Crippen LogP contribution in [0.5, 0.6) is 5.75 Å². The molecule has 0 bridgehead atoms. The maximum Gasteiger partial charge on any atom is 0.311 e. The van der Waals surface area contributed by atoms with Crippen molar-refractivity contribution in [3.05, 3.63) is 46.5 Å². The fraction of sp³-hybridized carbons (Fsp3) is 0.333. The Balaban J connectivity index is 1.99. The van der Waals surface area contributed by atoms with Crippen LogP contribution in [0.2, 0.25) is 0 Å². The first-order valence-electron chi connectivity index (χ1n) is 9.31. The second-order valence-electron chi connectivity index (χ2n) is 6.02. The summed E-state index contributed by atoms with van der Waals surface area (Å²) in [6, 6.07) is 9.08. The highest BCUT2D eigenvalue weighted by atomic mass is 32.1. The van der Waals surface area contributed by atoms with E-state index in [4.69, 9.17) is 9.47 Å². The number of carbonyl (C=O) groups excluding carboxylic acids is 2. The third kappa shape index (κ3) is 7.39. The van der Waals surface area contributed by atoms with Crippen LogP contribution in [0.1, 0.15) is 37.9 Å². The number of nitrogens with one attached hydrogen (secondary N) is 1. The molecule has 152 valence electrons. The van der Waals surface area contributed by atoms with Crippen LogP contribution in [0.4, 0.5) is 5.13 Å². The van der Waals surface area contributed by atoms with Gasteiger partial charge in [0.2, 0.25) is 0 Å². The average Bonchev–Trinajstić information content (AvgIpc) is 3.14. The molecule has 0 radical (unpaired) electrons. The molecule has 29 heavy (non-hydrogen) atoms. The molecular weight excluding hydrogens is 390 g/mol. The monoisotopic (exact) mass is 413 g/mol. The molecule has 2 rings (SSSR count). The number of unbranched alkanes of at least 4 members (excludes halogenated alkanes) is 1. The molecule has 0 spiro atoms. The molecule has 0 aliphatic rings. The number of benzene rings is 1. The topological polar surface area (TPSA) is 101 Å². The molecule has 1 aromatic carbocycles. The van der Waals surface area contributed by atoms with E-state index in [0.717, 1.165) is 18.6 Å². The van der Waals surface area contributed by atoms with Gasteiger partial charge in [-0.15, -0.1) is 11.3 Å². The quantitative estimate of drug-likeness (QED) is 0.274. The lowest BCUT2D eigenvalue weighted by Gasteiger charge is -2.05. The molecule has 0 atom stereocenters. The van der Waals surface area contributed by atoms with E-state index in [9.17, 15) is 14.9 Å². The SMILES string of the molecule is CCCCOc1ccc(/C=C(\C#N)C(=O)Nc2nc(CC(=O)OCC)cs2)cc1. The van der Waals surface area contributed by atoms with Crippen molar-refractivity contribution < 1.29 is 19.1 Å². The van der Waals surface area contributed by atoms with Gasteiger partial charge in [0.15, 0.2) is 5.13 Å². The maximum absolute atomic E-state index is 12.4. The van der Waals surface area contributed by atoms with Crippen LogP contribution in [0.25, 0.3) is 6.08 Å². The van der Waals surface area contributed by atoms with Crippen LogP contribution in [-0.4, -0.2) is 30.1 Å². The molecule has 0 saturated carbocycles. The molecule has 0 aliphatic heterocycles. The third-order valence-electron chi connectivity index (χ3n) is 3.73. The van der Waals surface area contributed by atoms with Gasteiger partial charge in [0, 0.05) is 5.38 Å². The number of carbonyl (C=O) groups is 2. The van der Waals surface area contributed by atoms with E-state index in [-0.39, 0.29) is 18.0 Å². The molecule has 7 nitrogen and oxygen atoms in total. The lowest BCUT2D eigenvalue weighted by Crippen LogP contribution is -2.13. The van der Waals surface area contributed by atoms with E-state index in [0.29, 0.717) is 29.6 Å². The van der Waals surface area contributed by atoms with Crippen molar-refractivity contribution in [2.45, 2.75) is 33.1 Å². The summed E-state index contributed by atoms with van der Waals surface area (Å²) >= 11 is 1.18. The van der Waals surface area contributed by atoms with Crippen LogP contribution >= 0.6 is 11.3 Å². The summed E-state index contributed by atoms with van der Waals surface area (Å²) < 4.78 is 10.5. The minimum Gasteiger partial charge on any atom is -0.494 e. The van der Waals surface area contributed by atoms with Gasteiger partial charge in [0.05, 0.1) is 25.3 Å². The summed E-state index contributed by atoms with van der Waals surface area (Å²) in [5, 5.41) is 13.9. The molecule has 8 heteroatoms. The van der Waals surface area contributed by atoms with Crippen LogP contribution < -0.4 is 10.1 Å². The first-order chi connectivity index (χ1) is 14.0. The van der Waals surface area contributed by atoms with Crippen molar-refractivity contribution in [1.29, 1.82) is 5.26 Å². The number of nitriles is 1. The zero-order chi connectivity index (χ0) is 21.1.